The maximum absolute atomic E-state index is 14.4. The maximum Gasteiger partial charge on any atom is 0.230 e. The van der Waals surface area contributed by atoms with Crippen LogP contribution >= 0.6 is 0 Å². The van der Waals surface area contributed by atoms with E-state index >= 15 is 0 Å². The van der Waals surface area contributed by atoms with Crippen LogP contribution in [0.3, 0.4) is 0 Å². The molecule has 1 unspecified atom stereocenters. The summed E-state index contributed by atoms with van der Waals surface area (Å²) in [7, 11) is 2.88. The Labute approximate surface area is 196 Å². The molecule has 2 fully saturated rings. The molecule has 1 amide bonds. The molecular weight excluding hydrogens is 442 g/mol. The summed E-state index contributed by atoms with van der Waals surface area (Å²) < 4.78 is 38.7. The quantitative estimate of drug-likeness (QED) is 0.586. The van der Waals surface area contributed by atoms with Gasteiger partial charge < -0.3 is 19.7 Å². The highest BCUT2D eigenvalue weighted by atomic mass is 19.1. The average Bonchev–Trinajstić information content (AvgIpc) is 3.53. The number of benzene rings is 1. The first-order chi connectivity index (χ1) is 16.3. The molecule has 2 aromatic heterocycles. The van der Waals surface area contributed by atoms with Gasteiger partial charge >= 0.3 is 0 Å². The van der Waals surface area contributed by atoms with Crippen LogP contribution < -0.4 is 14.8 Å². The summed E-state index contributed by atoms with van der Waals surface area (Å²) in [4.78, 5) is 23.5. The maximum atomic E-state index is 14.4. The number of halogens is 2. The molecule has 1 spiro atoms. The first-order valence-electron chi connectivity index (χ1n) is 11.2. The molecule has 34 heavy (non-hydrogen) atoms. The minimum Gasteiger partial charge on any atom is -0.494 e. The van der Waals surface area contributed by atoms with E-state index in [9.17, 15) is 13.6 Å². The van der Waals surface area contributed by atoms with Crippen LogP contribution in [0.4, 0.5) is 14.6 Å². The summed E-state index contributed by atoms with van der Waals surface area (Å²) in [6, 6.07) is 8.18. The summed E-state index contributed by atoms with van der Waals surface area (Å²) in [5.41, 5.74) is 0.771. The topological polar surface area (TPSA) is 76.6 Å². The van der Waals surface area contributed by atoms with Crippen molar-refractivity contribution in [3.8, 4) is 11.6 Å². The van der Waals surface area contributed by atoms with Crippen LogP contribution in [0, 0.1) is 17.0 Å². The van der Waals surface area contributed by atoms with Crippen molar-refractivity contribution in [1.29, 1.82) is 0 Å². The number of hydrogen-bond donors (Lipinski definition) is 1. The number of nitrogens with zero attached hydrogens (tertiary/aromatic N) is 3. The van der Waals surface area contributed by atoms with Crippen LogP contribution in [0.1, 0.15) is 31.2 Å². The number of carbonyl (C=O) groups excluding carboxylic acids is 1. The molecule has 2 atom stereocenters. The number of anilines is 1. The summed E-state index contributed by atoms with van der Waals surface area (Å²) in [6.07, 6.45) is 3.08. The Hall–Kier alpha value is -3.49. The van der Waals surface area contributed by atoms with Crippen LogP contribution in [0.5, 0.6) is 11.6 Å². The van der Waals surface area contributed by atoms with Crippen molar-refractivity contribution in [3.63, 3.8) is 0 Å². The van der Waals surface area contributed by atoms with E-state index in [2.05, 4.69) is 15.3 Å². The van der Waals surface area contributed by atoms with Crippen LogP contribution in [-0.2, 0) is 4.79 Å². The van der Waals surface area contributed by atoms with E-state index in [0.29, 0.717) is 24.4 Å². The Morgan fingerprint density at radius 3 is 2.68 bits per heavy atom. The highest BCUT2D eigenvalue weighted by Gasteiger charge is 2.56. The molecule has 1 saturated heterocycles. The van der Waals surface area contributed by atoms with E-state index in [1.165, 1.54) is 26.4 Å². The number of hydrogen-bond acceptors (Lipinski definition) is 6. The smallest absolute Gasteiger partial charge is 0.230 e. The fraction of sp³-hybridized carbons (Fsp3) is 0.400. The number of amides is 1. The number of carbonyl (C=O) groups is 1. The summed E-state index contributed by atoms with van der Waals surface area (Å²) in [5, 5.41) is 4.24. The van der Waals surface area contributed by atoms with Crippen LogP contribution in [-0.4, -0.2) is 54.1 Å². The third kappa shape index (κ3) is 3.89. The highest BCUT2D eigenvalue weighted by Crippen LogP contribution is 2.54. The minimum atomic E-state index is -0.664. The Morgan fingerprint density at radius 2 is 1.97 bits per heavy atom. The number of methoxy groups -OCH3 is 2. The van der Waals surface area contributed by atoms with Crippen molar-refractivity contribution in [2.24, 2.45) is 5.41 Å². The standard InChI is InChI=1S/C25H26F2N4O3/c1-14(16-9-23(34-3)28-11-18(16)27)24(32)31-12-21(25(13-31)6-7-25)30-22-5-4-15-8-20(33-2)17(26)10-19(15)29-22/h4-5,8-11,14,21H,6-7,12-13H2,1-3H3,(H,29,30)/t14?,21-/m1/s1. The van der Waals surface area contributed by atoms with Crippen LogP contribution in [0.15, 0.2) is 36.5 Å². The van der Waals surface area contributed by atoms with Gasteiger partial charge in [0.1, 0.15) is 11.6 Å². The first kappa shape index (κ1) is 22.3. The number of ether oxygens (including phenoxy) is 2. The van der Waals surface area contributed by atoms with Gasteiger partial charge in [-0.2, -0.15) is 0 Å². The number of aromatic nitrogens is 2. The van der Waals surface area contributed by atoms with Gasteiger partial charge in [0.05, 0.1) is 37.9 Å². The monoisotopic (exact) mass is 468 g/mol. The lowest BCUT2D eigenvalue weighted by Crippen LogP contribution is -2.34. The summed E-state index contributed by atoms with van der Waals surface area (Å²) >= 11 is 0. The zero-order chi connectivity index (χ0) is 24.0. The van der Waals surface area contributed by atoms with Crippen LogP contribution in [0.25, 0.3) is 10.9 Å². The summed E-state index contributed by atoms with van der Waals surface area (Å²) in [5.74, 6) is -0.723. The average molecular weight is 469 g/mol. The van der Waals surface area contributed by atoms with Gasteiger partial charge in [-0.15, -0.1) is 0 Å². The van der Waals surface area contributed by atoms with Crippen molar-refractivity contribution >= 4 is 22.6 Å². The Bertz CT molecular complexity index is 1260. The lowest BCUT2D eigenvalue weighted by atomic mass is 10.00. The molecule has 1 saturated carbocycles. The molecule has 9 heteroatoms. The van der Waals surface area contributed by atoms with Crippen LogP contribution in [0.2, 0.25) is 0 Å². The molecule has 3 aromatic rings. The van der Waals surface area contributed by atoms with Gasteiger partial charge in [0.25, 0.3) is 0 Å². The van der Waals surface area contributed by atoms with Gasteiger partial charge in [-0.3, -0.25) is 4.79 Å². The van der Waals surface area contributed by atoms with Gasteiger partial charge in [-0.1, -0.05) is 0 Å². The second-order valence-electron chi connectivity index (χ2n) is 9.12. The van der Waals surface area contributed by atoms with Crippen molar-refractivity contribution in [2.75, 3.05) is 32.6 Å². The normalized spacial score (nSPS) is 19.3. The fourth-order valence-corrected chi connectivity index (χ4v) is 4.83. The van der Waals surface area contributed by atoms with Crippen molar-refractivity contribution < 1.29 is 23.0 Å². The number of nitrogens with one attached hydrogen (secondary N) is 1. The predicted molar refractivity (Wildman–Crippen MR) is 123 cm³/mol. The predicted octanol–water partition coefficient (Wildman–Crippen LogP) is 4.13. The zero-order valence-corrected chi connectivity index (χ0v) is 19.3. The molecule has 2 aliphatic rings. The lowest BCUT2D eigenvalue weighted by Gasteiger charge is -2.22. The summed E-state index contributed by atoms with van der Waals surface area (Å²) in [6.45, 7) is 2.80. The van der Waals surface area contributed by atoms with E-state index in [4.69, 9.17) is 9.47 Å². The molecule has 3 heterocycles. The zero-order valence-electron chi connectivity index (χ0n) is 19.3. The fourth-order valence-electron chi connectivity index (χ4n) is 4.83. The second-order valence-corrected chi connectivity index (χ2v) is 9.12. The number of pyridine rings is 2. The molecule has 1 aromatic carbocycles. The Morgan fingerprint density at radius 1 is 1.18 bits per heavy atom. The molecule has 0 bridgehead atoms. The molecular formula is C25H26F2N4O3. The van der Waals surface area contributed by atoms with Gasteiger partial charge in [-0.05, 0) is 38.0 Å². The second kappa shape index (κ2) is 8.38. The van der Waals surface area contributed by atoms with Crippen molar-refractivity contribution in [2.45, 2.75) is 31.7 Å². The molecule has 1 aliphatic carbocycles. The largest absolute Gasteiger partial charge is 0.494 e. The van der Waals surface area contributed by atoms with E-state index in [1.807, 2.05) is 12.1 Å². The lowest BCUT2D eigenvalue weighted by molar-refractivity contribution is -0.131. The van der Waals surface area contributed by atoms with E-state index < -0.39 is 17.6 Å². The Kier molecular flexibility index (Phi) is 5.50. The molecule has 1 N–H and O–H groups in total. The molecule has 1 aliphatic heterocycles. The highest BCUT2D eigenvalue weighted by molar-refractivity contribution is 5.84. The Balaban J connectivity index is 1.34. The van der Waals surface area contributed by atoms with Gasteiger partial charge in [0.15, 0.2) is 11.6 Å². The van der Waals surface area contributed by atoms with E-state index in [0.717, 1.165) is 24.4 Å². The molecule has 0 radical (unpaired) electrons. The number of likely N-dealkylation sites (tertiary alicyclic amines) is 1. The van der Waals surface area contributed by atoms with Crippen molar-refractivity contribution in [3.05, 3.63) is 53.7 Å². The van der Waals surface area contributed by atoms with Gasteiger partial charge in [0.2, 0.25) is 11.8 Å². The van der Waals surface area contributed by atoms with E-state index in [-0.39, 0.29) is 34.6 Å². The van der Waals surface area contributed by atoms with E-state index in [1.54, 1.807) is 17.9 Å². The molecule has 5 rings (SSSR count). The third-order valence-electron chi connectivity index (χ3n) is 7.04. The first-order valence-corrected chi connectivity index (χ1v) is 11.2. The van der Waals surface area contributed by atoms with Gasteiger partial charge in [-0.25, -0.2) is 18.7 Å². The number of fused-ring (bicyclic) bond motifs is 1. The minimum absolute atomic E-state index is 0.00789. The molecule has 178 valence electrons. The van der Waals surface area contributed by atoms with Crippen molar-refractivity contribution in [1.82, 2.24) is 14.9 Å². The third-order valence-corrected chi connectivity index (χ3v) is 7.04. The molecule has 7 nitrogen and oxygen atoms in total. The van der Waals surface area contributed by atoms with Gasteiger partial charge in [0, 0.05) is 41.6 Å². The SMILES string of the molecule is COc1cc(C(C)C(=O)N2C[C@@H](Nc3ccc4cc(OC)c(F)cc4n3)C3(CC3)C2)c(F)cn1. The number of rotatable bonds is 6.